The SMILES string of the molecule is Cc1ccc(CN2C(=O)c3nc4ccccc4n3C[C@]2(C)C(=O)N[C@@H]2CCC[C@@H](C)[C@H]2C)cc1. The molecule has 178 valence electrons. The van der Waals surface area contributed by atoms with Gasteiger partial charge in [-0.15, -0.1) is 0 Å². The Labute approximate surface area is 201 Å². The Bertz CT molecular complexity index is 1230. The van der Waals surface area contributed by atoms with Gasteiger partial charge in [-0.2, -0.15) is 0 Å². The zero-order valence-electron chi connectivity index (χ0n) is 20.5. The van der Waals surface area contributed by atoms with Gasteiger partial charge in [0.1, 0.15) is 5.54 Å². The number of nitrogens with one attached hydrogen (secondary N) is 1. The summed E-state index contributed by atoms with van der Waals surface area (Å²) in [5.41, 5.74) is 2.80. The molecule has 6 heteroatoms. The average molecular weight is 459 g/mol. The normalized spacial score (nSPS) is 27.0. The number of rotatable bonds is 4. The molecule has 0 unspecified atom stereocenters. The second-order valence-corrected chi connectivity index (χ2v) is 10.5. The number of benzene rings is 2. The van der Waals surface area contributed by atoms with Crippen LogP contribution in [0, 0.1) is 18.8 Å². The predicted molar refractivity (Wildman–Crippen MR) is 133 cm³/mol. The summed E-state index contributed by atoms with van der Waals surface area (Å²) >= 11 is 0. The predicted octanol–water partition coefficient (Wildman–Crippen LogP) is 4.70. The number of carbonyl (C=O) groups excluding carboxylic acids is 2. The van der Waals surface area contributed by atoms with Gasteiger partial charge in [-0.1, -0.05) is 68.7 Å². The third-order valence-corrected chi connectivity index (χ3v) is 8.13. The van der Waals surface area contributed by atoms with Gasteiger partial charge in [0, 0.05) is 12.6 Å². The smallest absolute Gasteiger partial charge is 0.291 e. The third kappa shape index (κ3) is 3.79. The summed E-state index contributed by atoms with van der Waals surface area (Å²) in [5, 5.41) is 3.36. The van der Waals surface area contributed by atoms with Crippen LogP contribution in [0.3, 0.4) is 0 Å². The molecule has 1 N–H and O–H groups in total. The van der Waals surface area contributed by atoms with Gasteiger partial charge in [-0.25, -0.2) is 4.98 Å². The summed E-state index contributed by atoms with van der Waals surface area (Å²) < 4.78 is 1.93. The molecule has 3 aromatic rings. The van der Waals surface area contributed by atoms with Gasteiger partial charge in [0.15, 0.2) is 5.82 Å². The van der Waals surface area contributed by atoms with Gasteiger partial charge >= 0.3 is 0 Å². The largest absolute Gasteiger partial charge is 0.351 e. The second kappa shape index (κ2) is 8.57. The highest BCUT2D eigenvalue weighted by molar-refractivity contribution is 6.01. The Morgan fingerprint density at radius 2 is 1.85 bits per heavy atom. The minimum Gasteiger partial charge on any atom is -0.351 e. The maximum absolute atomic E-state index is 14.0. The van der Waals surface area contributed by atoms with Crippen molar-refractivity contribution < 1.29 is 9.59 Å². The second-order valence-electron chi connectivity index (χ2n) is 10.5. The Morgan fingerprint density at radius 1 is 1.12 bits per heavy atom. The minimum atomic E-state index is -1.03. The molecule has 2 aliphatic rings. The monoisotopic (exact) mass is 458 g/mol. The minimum absolute atomic E-state index is 0.0812. The lowest BCUT2D eigenvalue weighted by Crippen LogP contribution is -2.65. The molecule has 0 bridgehead atoms. The van der Waals surface area contributed by atoms with Crippen LogP contribution >= 0.6 is 0 Å². The first-order valence-electron chi connectivity index (χ1n) is 12.4. The first-order chi connectivity index (χ1) is 16.3. The molecule has 4 atom stereocenters. The van der Waals surface area contributed by atoms with E-state index in [0.29, 0.717) is 30.7 Å². The van der Waals surface area contributed by atoms with E-state index in [9.17, 15) is 9.59 Å². The Morgan fingerprint density at radius 3 is 2.62 bits per heavy atom. The van der Waals surface area contributed by atoms with E-state index in [1.807, 2.05) is 66.9 Å². The van der Waals surface area contributed by atoms with Crippen molar-refractivity contribution in [2.45, 2.75) is 71.6 Å². The number of para-hydroxylation sites is 2. The molecule has 1 aromatic heterocycles. The van der Waals surface area contributed by atoms with Crippen LogP contribution in [-0.4, -0.2) is 37.8 Å². The van der Waals surface area contributed by atoms with E-state index in [1.54, 1.807) is 4.90 Å². The van der Waals surface area contributed by atoms with Crippen molar-refractivity contribution in [1.82, 2.24) is 19.8 Å². The molecule has 1 saturated carbocycles. The van der Waals surface area contributed by atoms with E-state index in [1.165, 1.54) is 6.42 Å². The molecule has 2 aromatic carbocycles. The van der Waals surface area contributed by atoms with E-state index in [2.05, 4.69) is 24.1 Å². The van der Waals surface area contributed by atoms with Gasteiger partial charge in [0.2, 0.25) is 5.91 Å². The zero-order valence-corrected chi connectivity index (χ0v) is 20.5. The van der Waals surface area contributed by atoms with E-state index in [0.717, 1.165) is 35.0 Å². The van der Waals surface area contributed by atoms with Gasteiger partial charge in [0.25, 0.3) is 5.91 Å². The first-order valence-corrected chi connectivity index (χ1v) is 12.4. The summed E-state index contributed by atoms with van der Waals surface area (Å²) in [6.45, 7) is 9.19. The van der Waals surface area contributed by atoms with Crippen molar-refractivity contribution in [2.24, 2.45) is 11.8 Å². The number of imidazole rings is 1. The van der Waals surface area contributed by atoms with Crippen LogP contribution in [0.25, 0.3) is 11.0 Å². The van der Waals surface area contributed by atoms with Gasteiger partial charge in [-0.3, -0.25) is 9.59 Å². The average Bonchev–Trinajstić information content (AvgIpc) is 3.19. The van der Waals surface area contributed by atoms with E-state index >= 15 is 0 Å². The third-order valence-electron chi connectivity index (χ3n) is 8.13. The Balaban J connectivity index is 1.54. The molecule has 1 aliphatic carbocycles. The number of amides is 2. The first kappa shape index (κ1) is 22.6. The number of carbonyl (C=O) groups is 2. The number of fused-ring (bicyclic) bond motifs is 3. The number of aryl methyl sites for hydroxylation is 1. The number of nitrogens with zero attached hydrogens (tertiary/aromatic N) is 3. The van der Waals surface area contributed by atoms with Crippen LogP contribution < -0.4 is 5.32 Å². The quantitative estimate of drug-likeness (QED) is 0.616. The van der Waals surface area contributed by atoms with Crippen molar-refractivity contribution in [2.75, 3.05) is 0 Å². The highest BCUT2D eigenvalue weighted by atomic mass is 16.2. The summed E-state index contributed by atoms with van der Waals surface area (Å²) in [7, 11) is 0. The molecular weight excluding hydrogens is 424 g/mol. The van der Waals surface area contributed by atoms with E-state index in [4.69, 9.17) is 0 Å². The van der Waals surface area contributed by atoms with Crippen LogP contribution in [0.15, 0.2) is 48.5 Å². The van der Waals surface area contributed by atoms with E-state index in [-0.39, 0.29) is 17.9 Å². The molecule has 0 spiro atoms. The lowest BCUT2D eigenvalue weighted by molar-refractivity contribution is -0.134. The van der Waals surface area contributed by atoms with Crippen molar-refractivity contribution in [3.05, 3.63) is 65.5 Å². The standard InChI is InChI=1S/C28H34N4O2/c1-18-12-14-21(15-13-18)16-32-26(33)25-29-23-9-5-6-11-24(23)31(25)17-28(32,4)27(34)30-22-10-7-8-19(2)20(22)3/h5-6,9,11-15,19-20,22H,7-8,10,16-17H2,1-4H3,(H,30,34)/t19-,20-,22-,28-/m1/s1. The molecule has 2 amide bonds. The van der Waals surface area contributed by atoms with Crippen molar-refractivity contribution in [1.29, 1.82) is 0 Å². The summed E-state index contributed by atoms with van der Waals surface area (Å²) in [5.74, 6) is 1.11. The molecule has 1 fully saturated rings. The molecule has 0 radical (unpaired) electrons. The molecule has 6 nitrogen and oxygen atoms in total. The molecule has 1 aliphatic heterocycles. The molecular formula is C28H34N4O2. The van der Waals surface area contributed by atoms with Crippen LogP contribution in [-0.2, 0) is 17.9 Å². The fourth-order valence-electron chi connectivity index (χ4n) is 5.56. The van der Waals surface area contributed by atoms with Crippen molar-refractivity contribution >= 4 is 22.8 Å². The van der Waals surface area contributed by atoms with Gasteiger partial charge in [0.05, 0.1) is 17.6 Å². The topological polar surface area (TPSA) is 67.2 Å². The van der Waals surface area contributed by atoms with E-state index < -0.39 is 5.54 Å². The fraction of sp³-hybridized carbons (Fsp3) is 0.464. The highest BCUT2D eigenvalue weighted by Gasteiger charge is 2.49. The van der Waals surface area contributed by atoms with Crippen LogP contribution in [0.4, 0.5) is 0 Å². The lowest BCUT2D eigenvalue weighted by atomic mass is 9.77. The summed E-state index contributed by atoms with van der Waals surface area (Å²) in [4.78, 5) is 34.2. The van der Waals surface area contributed by atoms with Crippen LogP contribution in [0.5, 0.6) is 0 Å². The van der Waals surface area contributed by atoms with Crippen molar-refractivity contribution in [3.63, 3.8) is 0 Å². The van der Waals surface area contributed by atoms with Gasteiger partial charge in [-0.05, 0) is 49.8 Å². The van der Waals surface area contributed by atoms with Gasteiger partial charge < -0.3 is 14.8 Å². The van der Waals surface area contributed by atoms with Crippen LogP contribution in [0.2, 0.25) is 0 Å². The number of aromatic nitrogens is 2. The maximum atomic E-state index is 14.0. The number of hydrogen-bond acceptors (Lipinski definition) is 3. The molecule has 2 heterocycles. The summed E-state index contributed by atoms with van der Waals surface area (Å²) in [6, 6.07) is 16.0. The maximum Gasteiger partial charge on any atom is 0.291 e. The Hall–Kier alpha value is -3.15. The Kier molecular flexibility index (Phi) is 5.70. The molecule has 5 rings (SSSR count). The summed E-state index contributed by atoms with van der Waals surface area (Å²) in [6.07, 6.45) is 3.31. The number of hydrogen-bond donors (Lipinski definition) is 1. The molecule has 34 heavy (non-hydrogen) atoms. The fourth-order valence-corrected chi connectivity index (χ4v) is 5.56. The highest BCUT2D eigenvalue weighted by Crippen LogP contribution is 2.34. The van der Waals surface area contributed by atoms with Crippen molar-refractivity contribution in [3.8, 4) is 0 Å². The molecule has 0 saturated heterocycles. The van der Waals surface area contributed by atoms with Crippen LogP contribution in [0.1, 0.15) is 61.8 Å². The lowest BCUT2D eigenvalue weighted by Gasteiger charge is -2.45. The zero-order chi connectivity index (χ0) is 24.0.